The van der Waals surface area contributed by atoms with E-state index in [-0.39, 0.29) is 54.5 Å². The van der Waals surface area contributed by atoms with Crippen molar-refractivity contribution in [1.29, 1.82) is 0 Å². The van der Waals surface area contributed by atoms with E-state index in [1.54, 1.807) is 4.90 Å². The molecule has 2 fully saturated rings. The van der Waals surface area contributed by atoms with Crippen LogP contribution in [0.1, 0.15) is 45.2 Å². The van der Waals surface area contributed by atoms with Crippen LogP contribution in [0.25, 0.3) is 0 Å². The van der Waals surface area contributed by atoms with Crippen molar-refractivity contribution in [3.63, 3.8) is 0 Å². The third-order valence-electron chi connectivity index (χ3n) is 5.29. The van der Waals surface area contributed by atoms with Crippen molar-refractivity contribution in [1.82, 2.24) is 10.2 Å². The third kappa shape index (κ3) is 4.66. The minimum atomic E-state index is -3.07. The Bertz CT molecular complexity index is 852. The summed E-state index contributed by atoms with van der Waals surface area (Å²) < 4.78 is 29.2. The van der Waals surface area contributed by atoms with Gasteiger partial charge in [0.25, 0.3) is 0 Å². The molecule has 3 rings (SSSR count). The zero-order valence-corrected chi connectivity index (χ0v) is 17.4. The number of hydrogen-bond acceptors (Lipinski definition) is 5. The molecular weight excluding hydrogens is 380 g/mol. The molecule has 2 amide bonds. The Kier molecular flexibility index (Phi) is 5.98. The monoisotopic (exact) mass is 408 g/mol. The molecule has 2 saturated heterocycles. The van der Waals surface area contributed by atoms with Crippen molar-refractivity contribution >= 4 is 21.7 Å². The SMILES string of the molecule is CC(C)Oc1ccccc1[C@H](C)NC(=O)[C@H]1CC(=O)N([C@@H]2CCS(=O)(=O)C2)C1. The van der Waals surface area contributed by atoms with E-state index in [4.69, 9.17) is 4.74 Å². The number of sulfone groups is 1. The van der Waals surface area contributed by atoms with Gasteiger partial charge in [-0.3, -0.25) is 9.59 Å². The van der Waals surface area contributed by atoms with Crippen LogP contribution in [-0.4, -0.2) is 55.3 Å². The molecule has 7 nitrogen and oxygen atoms in total. The van der Waals surface area contributed by atoms with Crippen LogP contribution in [0, 0.1) is 5.92 Å². The molecular formula is C20H28N2O5S. The molecule has 28 heavy (non-hydrogen) atoms. The summed E-state index contributed by atoms with van der Waals surface area (Å²) in [5.41, 5.74) is 0.882. The average Bonchev–Trinajstić information content (AvgIpc) is 3.16. The van der Waals surface area contributed by atoms with Gasteiger partial charge in [0.05, 0.1) is 29.6 Å². The molecule has 2 aliphatic heterocycles. The van der Waals surface area contributed by atoms with Crippen LogP contribution in [0.5, 0.6) is 5.75 Å². The first-order valence-corrected chi connectivity index (χ1v) is 11.5. The van der Waals surface area contributed by atoms with Gasteiger partial charge in [0.1, 0.15) is 5.75 Å². The fourth-order valence-electron chi connectivity index (χ4n) is 3.89. The Hall–Kier alpha value is -2.09. The second kappa shape index (κ2) is 8.11. The molecule has 0 aromatic heterocycles. The molecule has 0 spiro atoms. The highest BCUT2D eigenvalue weighted by Crippen LogP contribution is 2.29. The van der Waals surface area contributed by atoms with Crippen LogP contribution >= 0.6 is 0 Å². The first-order valence-electron chi connectivity index (χ1n) is 9.72. The second-order valence-corrected chi connectivity index (χ2v) is 10.2. The highest BCUT2D eigenvalue weighted by molar-refractivity contribution is 7.91. The zero-order valence-electron chi connectivity index (χ0n) is 16.6. The number of rotatable bonds is 6. The number of nitrogens with zero attached hydrogens (tertiary/aromatic N) is 1. The van der Waals surface area contributed by atoms with Gasteiger partial charge in [-0.2, -0.15) is 0 Å². The van der Waals surface area contributed by atoms with Crippen LogP contribution in [-0.2, 0) is 19.4 Å². The predicted molar refractivity (Wildman–Crippen MR) is 106 cm³/mol. The lowest BCUT2D eigenvalue weighted by atomic mass is 10.0. The third-order valence-corrected chi connectivity index (χ3v) is 7.04. The van der Waals surface area contributed by atoms with Gasteiger partial charge in [-0.25, -0.2) is 8.42 Å². The number of hydrogen-bond donors (Lipinski definition) is 1. The highest BCUT2D eigenvalue weighted by Gasteiger charge is 2.42. The molecule has 0 radical (unpaired) electrons. The Balaban J connectivity index is 1.63. The van der Waals surface area contributed by atoms with Gasteiger partial charge < -0.3 is 15.0 Å². The highest BCUT2D eigenvalue weighted by atomic mass is 32.2. The lowest BCUT2D eigenvalue weighted by Crippen LogP contribution is -2.39. The Morgan fingerprint density at radius 3 is 2.61 bits per heavy atom. The van der Waals surface area contributed by atoms with Crippen molar-refractivity contribution in [3.8, 4) is 5.75 Å². The van der Waals surface area contributed by atoms with Gasteiger partial charge in [0.2, 0.25) is 11.8 Å². The van der Waals surface area contributed by atoms with Crippen LogP contribution in [0.15, 0.2) is 24.3 Å². The molecule has 1 N–H and O–H groups in total. The zero-order chi connectivity index (χ0) is 20.5. The molecule has 0 aliphatic carbocycles. The second-order valence-electron chi connectivity index (χ2n) is 7.94. The molecule has 1 aromatic carbocycles. The van der Waals surface area contributed by atoms with Crippen LogP contribution in [0.3, 0.4) is 0 Å². The fourth-order valence-corrected chi connectivity index (χ4v) is 5.62. The number of benzene rings is 1. The van der Waals surface area contributed by atoms with Crippen LogP contribution in [0.4, 0.5) is 0 Å². The normalized spacial score (nSPS) is 25.1. The maximum atomic E-state index is 12.7. The van der Waals surface area contributed by atoms with E-state index >= 15 is 0 Å². The van der Waals surface area contributed by atoms with Crippen molar-refractivity contribution < 1.29 is 22.7 Å². The minimum Gasteiger partial charge on any atom is -0.491 e. The van der Waals surface area contributed by atoms with Gasteiger partial charge in [0, 0.05) is 24.6 Å². The van der Waals surface area contributed by atoms with Gasteiger partial charge in [-0.1, -0.05) is 18.2 Å². The summed E-state index contributed by atoms with van der Waals surface area (Å²) in [6.45, 7) is 6.06. The lowest BCUT2D eigenvalue weighted by molar-refractivity contribution is -0.130. The molecule has 0 unspecified atom stereocenters. The molecule has 2 heterocycles. The summed E-state index contributed by atoms with van der Waals surface area (Å²) in [5.74, 6) is 0.0507. The summed E-state index contributed by atoms with van der Waals surface area (Å²) in [6, 6.07) is 7.01. The van der Waals surface area contributed by atoms with Crippen molar-refractivity contribution in [3.05, 3.63) is 29.8 Å². The van der Waals surface area contributed by atoms with Crippen LogP contribution in [0.2, 0.25) is 0 Å². The Morgan fingerprint density at radius 1 is 1.25 bits per heavy atom. The fraction of sp³-hybridized carbons (Fsp3) is 0.600. The van der Waals surface area contributed by atoms with Crippen molar-refractivity contribution in [2.75, 3.05) is 18.1 Å². The number of amides is 2. The predicted octanol–water partition coefficient (Wildman–Crippen LogP) is 1.69. The number of nitrogens with one attached hydrogen (secondary N) is 1. The summed E-state index contributed by atoms with van der Waals surface area (Å²) in [4.78, 5) is 26.7. The topological polar surface area (TPSA) is 92.8 Å². The lowest BCUT2D eigenvalue weighted by Gasteiger charge is -2.24. The molecule has 154 valence electrons. The Morgan fingerprint density at radius 2 is 1.96 bits per heavy atom. The van der Waals surface area contributed by atoms with E-state index in [9.17, 15) is 18.0 Å². The molecule has 1 aromatic rings. The molecule has 0 saturated carbocycles. The van der Waals surface area contributed by atoms with Crippen molar-refractivity contribution in [2.45, 2.75) is 51.8 Å². The maximum Gasteiger partial charge on any atom is 0.225 e. The summed E-state index contributed by atoms with van der Waals surface area (Å²) >= 11 is 0. The number of likely N-dealkylation sites (tertiary alicyclic amines) is 1. The number of carbonyl (C=O) groups excluding carboxylic acids is 2. The van der Waals surface area contributed by atoms with E-state index in [1.807, 2.05) is 45.0 Å². The van der Waals surface area contributed by atoms with Gasteiger partial charge in [-0.15, -0.1) is 0 Å². The standard InChI is InChI=1S/C20H28N2O5S/c1-13(2)27-18-7-5-4-6-17(18)14(3)21-20(24)15-10-19(23)22(11-15)16-8-9-28(25,26)12-16/h4-7,13-16H,8-12H2,1-3H3,(H,21,24)/t14-,15-,16+/m0/s1. The maximum absolute atomic E-state index is 12.7. The summed E-state index contributed by atoms with van der Waals surface area (Å²) in [6.07, 6.45) is 0.602. The first kappa shape index (κ1) is 20.6. The van der Waals surface area contributed by atoms with Gasteiger partial charge >= 0.3 is 0 Å². The van der Waals surface area contributed by atoms with E-state index in [2.05, 4.69) is 5.32 Å². The Labute approximate surface area is 166 Å². The van der Waals surface area contributed by atoms with E-state index in [0.29, 0.717) is 6.42 Å². The summed E-state index contributed by atoms with van der Waals surface area (Å²) in [7, 11) is -3.07. The van der Waals surface area contributed by atoms with Gasteiger partial charge in [-0.05, 0) is 33.3 Å². The quantitative estimate of drug-likeness (QED) is 0.773. The largest absolute Gasteiger partial charge is 0.491 e. The number of carbonyl (C=O) groups is 2. The van der Waals surface area contributed by atoms with E-state index in [0.717, 1.165) is 11.3 Å². The average molecular weight is 409 g/mol. The smallest absolute Gasteiger partial charge is 0.225 e. The molecule has 3 atom stereocenters. The van der Waals surface area contributed by atoms with Gasteiger partial charge in [0.15, 0.2) is 9.84 Å². The van der Waals surface area contributed by atoms with E-state index in [1.165, 1.54) is 0 Å². The van der Waals surface area contributed by atoms with E-state index < -0.39 is 15.8 Å². The first-order chi connectivity index (χ1) is 13.2. The van der Waals surface area contributed by atoms with Crippen molar-refractivity contribution in [2.24, 2.45) is 5.92 Å². The number of para-hydroxylation sites is 1. The number of ether oxygens (including phenoxy) is 1. The van der Waals surface area contributed by atoms with Crippen LogP contribution < -0.4 is 10.1 Å². The molecule has 0 bridgehead atoms. The summed E-state index contributed by atoms with van der Waals surface area (Å²) in [5, 5.41) is 2.98. The minimum absolute atomic E-state index is 0.00337. The molecule has 8 heteroatoms. The molecule has 2 aliphatic rings.